The number of rotatable bonds is 6. The molecule has 0 atom stereocenters. The van der Waals surface area contributed by atoms with Crippen LogP contribution in [0.4, 0.5) is 18.9 Å². The molecule has 1 aromatic carbocycles. The minimum atomic E-state index is -3.12. The van der Waals surface area contributed by atoms with Gasteiger partial charge < -0.3 is 10.1 Å². The van der Waals surface area contributed by atoms with Crippen molar-refractivity contribution in [1.82, 2.24) is 9.78 Å². The maximum absolute atomic E-state index is 13.7. The van der Waals surface area contributed by atoms with Gasteiger partial charge >= 0.3 is 6.61 Å². The molecular formula is C16H18F3N3O2. The Balaban J connectivity index is 2.12. The van der Waals surface area contributed by atoms with Gasteiger partial charge in [-0.2, -0.15) is 13.9 Å². The number of alkyl halides is 2. The smallest absolute Gasteiger partial charge is 0.387 e. The quantitative estimate of drug-likeness (QED) is 0.868. The van der Waals surface area contributed by atoms with E-state index < -0.39 is 24.1 Å². The number of halogens is 3. The molecule has 5 nitrogen and oxygen atoms in total. The molecule has 0 saturated carbocycles. The Morgan fingerprint density at radius 1 is 1.38 bits per heavy atom. The Bertz CT molecular complexity index is 729. The third-order valence-corrected chi connectivity index (χ3v) is 3.29. The van der Waals surface area contributed by atoms with Gasteiger partial charge in [-0.25, -0.2) is 4.39 Å². The first-order valence-electron chi connectivity index (χ1n) is 7.36. The number of nitrogens with one attached hydrogen (secondary N) is 1. The molecule has 24 heavy (non-hydrogen) atoms. The van der Waals surface area contributed by atoms with E-state index >= 15 is 0 Å². The fraction of sp³-hybridized carbons (Fsp3) is 0.375. The number of ether oxygens (including phenoxy) is 1. The summed E-state index contributed by atoms with van der Waals surface area (Å²) >= 11 is 0. The average molecular weight is 341 g/mol. The molecule has 0 aliphatic heterocycles. The highest BCUT2D eigenvalue weighted by molar-refractivity contribution is 6.04. The van der Waals surface area contributed by atoms with Gasteiger partial charge in [-0.15, -0.1) is 0 Å². The van der Waals surface area contributed by atoms with Crippen LogP contribution in [0.15, 0.2) is 24.4 Å². The fourth-order valence-electron chi connectivity index (χ4n) is 2.17. The van der Waals surface area contributed by atoms with E-state index in [0.29, 0.717) is 23.7 Å². The third-order valence-electron chi connectivity index (χ3n) is 3.29. The van der Waals surface area contributed by atoms with E-state index in [4.69, 9.17) is 0 Å². The standard InChI is InChI=1S/C16H18F3N3O2/c1-9(2)8-22-10(3)12(7-20-22)15(23)21-11-4-5-14(13(17)6-11)24-16(18)19/h4-7,9,16H,8H2,1-3H3,(H,21,23). The van der Waals surface area contributed by atoms with Gasteiger partial charge in [0.05, 0.1) is 11.8 Å². The normalized spacial score (nSPS) is 11.2. The van der Waals surface area contributed by atoms with Crippen LogP contribution in [0, 0.1) is 18.7 Å². The summed E-state index contributed by atoms with van der Waals surface area (Å²) in [7, 11) is 0. The van der Waals surface area contributed by atoms with Gasteiger partial charge in [0.1, 0.15) is 0 Å². The number of amides is 1. The number of anilines is 1. The Hall–Kier alpha value is -2.51. The molecule has 0 spiro atoms. The summed E-state index contributed by atoms with van der Waals surface area (Å²) in [6.45, 7) is 3.39. The first-order valence-corrected chi connectivity index (χ1v) is 7.36. The van der Waals surface area contributed by atoms with E-state index in [9.17, 15) is 18.0 Å². The SMILES string of the molecule is Cc1c(C(=O)Nc2ccc(OC(F)F)c(F)c2)cnn1CC(C)C. The number of carbonyl (C=O) groups excluding carboxylic acids is 1. The molecule has 130 valence electrons. The lowest BCUT2D eigenvalue weighted by molar-refractivity contribution is -0.0521. The molecule has 0 fully saturated rings. The van der Waals surface area contributed by atoms with Crippen LogP contribution in [-0.4, -0.2) is 22.3 Å². The van der Waals surface area contributed by atoms with E-state index in [1.165, 1.54) is 12.3 Å². The van der Waals surface area contributed by atoms with E-state index in [0.717, 1.165) is 12.1 Å². The average Bonchev–Trinajstić information content (AvgIpc) is 2.82. The van der Waals surface area contributed by atoms with Crippen LogP contribution in [0.25, 0.3) is 0 Å². The molecule has 0 aliphatic carbocycles. The second-order valence-corrected chi connectivity index (χ2v) is 5.70. The van der Waals surface area contributed by atoms with E-state index in [-0.39, 0.29) is 5.69 Å². The molecule has 1 aromatic heterocycles. The summed E-state index contributed by atoms with van der Waals surface area (Å²) in [6.07, 6.45) is 1.44. The highest BCUT2D eigenvalue weighted by Gasteiger charge is 2.16. The van der Waals surface area contributed by atoms with Gasteiger partial charge in [0.2, 0.25) is 0 Å². The summed E-state index contributed by atoms with van der Waals surface area (Å²) in [5.74, 6) is -1.65. The van der Waals surface area contributed by atoms with E-state index in [2.05, 4.69) is 15.2 Å². The third kappa shape index (κ3) is 4.27. The van der Waals surface area contributed by atoms with Crippen LogP contribution >= 0.6 is 0 Å². The maximum Gasteiger partial charge on any atom is 0.387 e. The minimum Gasteiger partial charge on any atom is -0.432 e. The molecular weight excluding hydrogens is 323 g/mol. The lowest BCUT2D eigenvalue weighted by Gasteiger charge is -2.10. The molecule has 0 saturated heterocycles. The summed E-state index contributed by atoms with van der Waals surface area (Å²) in [6, 6.07) is 3.24. The van der Waals surface area contributed by atoms with Crippen LogP contribution in [0.1, 0.15) is 29.9 Å². The Kier molecular flexibility index (Phi) is 5.48. The zero-order valence-corrected chi connectivity index (χ0v) is 13.5. The molecule has 0 aliphatic rings. The van der Waals surface area contributed by atoms with Crippen LogP contribution in [0.5, 0.6) is 5.75 Å². The van der Waals surface area contributed by atoms with Crippen molar-refractivity contribution in [2.45, 2.75) is 33.9 Å². The summed E-state index contributed by atoms with van der Waals surface area (Å²) in [5.41, 5.74) is 1.19. The van der Waals surface area contributed by atoms with E-state index in [1.807, 2.05) is 13.8 Å². The van der Waals surface area contributed by atoms with Crippen molar-refractivity contribution in [2.24, 2.45) is 5.92 Å². The maximum atomic E-state index is 13.7. The highest BCUT2D eigenvalue weighted by Crippen LogP contribution is 2.23. The Morgan fingerprint density at radius 3 is 2.67 bits per heavy atom. The second kappa shape index (κ2) is 7.37. The highest BCUT2D eigenvalue weighted by atomic mass is 19.3. The molecule has 8 heteroatoms. The van der Waals surface area contributed by atoms with Gasteiger partial charge in [0.25, 0.3) is 5.91 Å². The topological polar surface area (TPSA) is 56.1 Å². The molecule has 1 N–H and O–H groups in total. The van der Waals surface area contributed by atoms with Crippen molar-refractivity contribution in [3.63, 3.8) is 0 Å². The zero-order chi connectivity index (χ0) is 17.9. The molecule has 2 aromatic rings. The number of hydrogen-bond acceptors (Lipinski definition) is 3. The molecule has 0 bridgehead atoms. The molecule has 1 amide bonds. The number of hydrogen-bond donors (Lipinski definition) is 1. The predicted molar refractivity (Wildman–Crippen MR) is 82.8 cm³/mol. The van der Waals surface area contributed by atoms with Crippen LogP contribution in [0.2, 0.25) is 0 Å². The second-order valence-electron chi connectivity index (χ2n) is 5.70. The zero-order valence-electron chi connectivity index (χ0n) is 13.5. The summed E-state index contributed by atoms with van der Waals surface area (Å²) in [5, 5.41) is 6.67. The van der Waals surface area contributed by atoms with Crippen molar-refractivity contribution in [3.8, 4) is 5.75 Å². The number of carbonyl (C=O) groups is 1. The predicted octanol–water partition coefficient (Wildman–Crippen LogP) is 3.84. The van der Waals surface area contributed by atoms with Crippen molar-refractivity contribution in [1.29, 1.82) is 0 Å². The van der Waals surface area contributed by atoms with E-state index in [1.54, 1.807) is 11.6 Å². The van der Waals surface area contributed by atoms with Gasteiger partial charge in [0, 0.05) is 24.0 Å². The lowest BCUT2D eigenvalue weighted by atomic mass is 10.2. The number of nitrogens with zero attached hydrogens (tertiary/aromatic N) is 2. The Morgan fingerprint density at radius 2 is 2.08 bits per heavy atom. The largest absolute Gasteiger partial charge is 0.432 e. The van der Waals surface area contributed by atoms with Crippen molar-refractivity contribution < 1.29 is 22.7 Å². The first-order chi connectivity index (χ1) is 11.3. The molecule has 0 unspecified atom stereocenters. The monoisotopic (exact) mass is 341 g/mol. The first kappa shape index (κ1) is 17.8. The molecule has 1 heterocycles. The van der Waals surface area contributed by atoms with Gasteiger partial charge in [-0.1, -0.05) is 13.8 Å². The number of benzene rings is 1. The molecule has 2 rings (SSSR count). The van der Waals surface area contributed by atoms with Gasteiger partial charge in [0.15, 0.2) is 11.6 Å². The molecule has 0 radical (unpaired) electrons. The number of aromatic nitrogens is 2. The van der Waals surface area contributed by atoms with Crippen molar-refractivity contribution in [2.75, 3.05) is 5.32 Å². The van der Waals surface area contributed by atoms with Gasteiger partial charge in [-0.05, 0) is 25.0 Å². The Labute approximate surface area is 137 Å². The van der Waals surface area contributed by atoms with Crippen molar-refractivity contribution in [3.05, 3.63) is 41.5 Å². The van der Waals surface area contributed by atoms with Crippen LogP contribution in [0.3, 0.4) is 0 Å². The van der Waals surface area contributed by atoms with Gasteiger partial charge in [-0.3, -0.25) is 9.48 Å². The summed E-state index contributed by atoms with van der Waals surface area (Å²) < 4.78 is 43.6. The van der Waals surface area contributed by atoms with Crippen LogP contribution < -0.4 is 10.1 Å². The minimum absolute atomic E-state index is 0.134. The summed E-state index contributed by atoms with van der Waals surface area (Å²) in [4.78, 5) is 12.3. The van der Waals surface area contributed by atoms with Crippen LogP contribution in [-0.2, 0) is 6.54 Å². The fourth-order valence-corrected chi connectivity index (χ4v) is 2.17. The lowest BCUT2D eigenvalue weighted by Crippen LogP contribution is -2.14. The van der Waals surface area contributed by atoms with Crippen molar-refractivity contribution >= 4 is 11.6 Å².